The lowest BCUT2D eigenvalue weighted by atomic mass is 10.1. The van der Waals surface area contributed by atoms with Crippen molar-refractivity contribution in [3.05, 3.63) is 54.1 Å². The highest BCUT2D eigenvalue weighted by Gasteiger charge is 2.31. The van der Waals surface area contributed by atoms with Crippen molar-refractivity contribution in [3.63, 3.8) is 0 Å². The highest BCUT2D eigenvalue weighted by Crippen LogP contribution is 2.32. The Balaban J connectivity index is 1.63. The summed E-state index contributed by atoms with van der Waals surface area (Å²) in [6, 6.07) is 12.7. The number of anilines is 2. The summed E-state index contributed by atoms with van der Waals surface area (Å²) in [5.41, 5.74) is 1.55. The molecule has 2 heterocycles. The van der Waals surface area contributed by atoms with Crippen molar-refractivity contribution in [2.24, 2.45) is 0 Å². The first-order valence-electron chi connectivity index (χ1n) is 9.78. The number of carbonyl (C=O) groups excluding carboxylic acids is 2. The van der Waals surface area contributed by atoms with Crippen LogP contribution >= 0.6 is 0 Å². The Labute approximate surface area is 175 Å². The fraction of sp³-hybridized carbons (Fsp3) is 0.333. The third-order valence-electron chi connectivity index (χ3n) is 5.29. The van der Waals surface area contributed by atoms with E-state index >= 15 is 0 Å². The standard InChI is InChI=1S/C21H23N3O5S/c1-15-14-20(25)22-18-4-2-3-5-19(18)24(15)21(26)16-6-8-17(9-7-16)30(27,28)23-10-12-29-13-11-23/h2-9,15H,10-14H2,1H3,(H,22,25)/t15-/m0/s1. The van der Waals surface area contributed by atoms with Gasteiger partial charge in [-0.3, -0.25) is 9.59 Å². The topological polar surface area (TPSA) is 96.0 Å². The van der Waals surface area contributed by atoms with E-state index in [0.717, 1.165) is 0 Å². The lowest BCUT2D eigenvalue weighted by Crippen LogP contribution is -2.40. The van der Waals surface area contributed by atoms with E-state index in [2.05, 4.69) is 5.32 Å². The van der Waals surface area contributed by atoms with Gasteiger partial charge in [-0.1, -0.05) is 12.1 Å². The largest absolute Gasteiger partial charge is 0.379 e. The molecule has 0 saturated carbocycles. The molecule has 30 heavy (non-hydrogen) atoms. The molecule has 2 aliphatic heterocycles. The molecule has 1 saturated heterocycles. The molecule has 1 atom stereocenters. The van der Waals surface area contributed by atoms with E-state index in [4.69, 9.17) is 4.74 Å². The number of fused-ring (bicyclic) bond motifs is 1. The average Bonchev–Trinajstić information content (AvgIpc) is 2.88. The fourth-order valence-electron chi connectivity index (χ4n) is 3.74. The Morgan fingerprint density at radius 2 is 1.73 bits per heavy atom. The number of sulfonamides is 1. The molecule has 0 bridgehead atoms. The number of nitrogens with one attached hydrogen (secondary N) is 1. The Bertz CT molecular complexity index is 1060. The molecule has 4 rings (SSSR count). The molecule has 158 valence electrons. The number of hydrogen-bond donors (Lipinski definition) is 1. The molecule has 0 spiro atoms. The Morgan fingerprint density at radius 1 is 1.07 bits per heavy atom. The van der Waals surface area contributed by atoms with E-state index < -0.39 is 10.0 Å². The number of ether oxygens (including phenoxy) is 1. The lowest BCUT2D eigenvalue weighted by Gasteiger charge is -2.28. The molecule has 2 amide bonds. The van der Waals surface area contributed by atoms with Gasteiger partial charge in [-0.2, -0.15) is 4.31 Å². The van der Waals surface area contributed by atoms with Crippen molar-refractivity contribution in [3.8, 4) is 0 Å². The van der Waals surface area contributed by atoms with E-state index in [1.165, 1.54) is 28.6 Å². The molecule has 2 aliphatic rings. The number of rotatable bonds is 3. The van der Waals surface area contributed by atoms with Gasteiger partial charge >= 0.3 is 0 Å². The summed E-state index contributed by atoms with van der Waals surface area (Å²) in [4.78, 5) is 27.2. The second-order valence-corrected chi connectivity index (χ2v) is 9.27. The molecule has 2 aromatic rings. The van der Waals surface area contributed by atoms with Gasteiger partial charge in [-0.25, -0.2) is 8.42 Å². The molecule has 1 N–H and O–H groups in total. The number of benzene rings is 2. The minimum Gasteiger partial charge on any atom is -0.379 e. The first-order valence-corrected chi connectivity index (χ1v) is 11.2. The summed E-state index contributed by atoms with van der Waals surface area (Å²) in [5.74, 6) is -0.445. The van der Waals surface area contributed by atoms with Gasteiger partial charge in [-0.05, 0) is 43.3 Å². The summed E-state index contributed by atoms with van der Waals surface area (Å²) in [6.07, 6.45) is 0.171. The van der Waals surface area contributed by atoms with Crippen LogP contribution in [-0.2, 0) is 19.6 Å². The van der Waals surface area contributed by atoms with Gasteiger partial charge in [0, 0.05) is 31.1 Å². The second kappa shape index (κ2) is 8.17. The van der Waals surface area contributed by atoms with Crippen molar-refractivity contribution in [2.45, 2.75) is 24.3 Å². The van der Waals surface area contributed by atoms with Gasteiger partial charge in [0.2, 0.25) is 15.9 Å². The average molecular weight is 429 g/mol. The van der Waals surface area contributed by atoms with Gasteiger partial charge in [0.15, 0.2) is 0 Å². The third-order valence-corrected chi connectivity index (χ3v) is 7.20. The van der Waals surface area contributed by atoms with Crippen LogP contribution in [0.1, 0.15) is 23.7 Å². The smallest absolute Gasteiger partial charge is 0.258 e. The minimum atomic E-state index is -3.63. The van der Waals surface area contributed by atoms with Crippen molar-refractivity contribution >= 4 is 33.2 Å². The molecule has 0 aliphatic carbocycles. The Morgan fingerprint density at radius 3 is 2.43 bits per heavy atom. The number of para-hydroxylation sites is 2. The van der Waals surface area contributed by atoms with Crippen LogP contribution in [0.3, 0.4) is 0 Å². The molecular formula is C21H23N3O5S. The maximum absolute atomic E-state index is 13.3. The minimum absolute atomic E-state index is 0.141. The van der Waals surface area contributed by atoms with E-state index in [0.29, 0.717) is 43.2 Å². The summed E-state index contributed by atoms with van der Waals surface area (Å²) >= 11 is 0. The summed E-state index contributed by atoms with van der Waals surface area (Å²) in [7, 11) is -3.63. The van der Waals surface area contributed by atoms with Gasteiger partial charge in [0.25, 0.3) is 5.91 Å². The summed E-state index contributed by atoms with van der Waals surface area (Å²) in [6.45, 7) is 3.18. The molecule has 0 aromatic heterocycles. The number of carbonyl (C=O) groups is 2. The van der Waals surface area contributed by atoms with Crippen LogP contribution in [0.2, 0.25) is 0 Å². The van der Waals surface area contributed by atoms with Gasteiger partial charge in [0.1, 0.15) is 0 Å². The lowest BCUT2D eigenvalue weighted by molar-refractivity contribution is -0.116. The van der Waals surface area contributed by atoms with E-state index in [9.17, 15) is 18.0 Å². The van der Waals surface area contributed by atoms with Crippen LogP contribution in [0.4, 0.5) is 11.4 Å². The van der Waals surface area contributed by atoms with E-state index in [1.807, 2.05) is 6.92 Å². The van der Waals surface area contributed by atoms with Crippen molar-refractivity contribution in [2.75, 3.05) is 36.5 Å². The number of nitrogens with zero attached hydrogens (tertiary/aromatic N) is 2. The molecule has 8 nitrogen and oxygen atoms in total. The van der Waals surface area contributed by atoms with Crippen molar-refractivity contribution in [1.82, 2.24) is 4.31 Å². The summed E-state index contributed by atoms with van der Waals surface area (Å²) in [5, 5.41) is 2.83. The Kier molecular flexibility index (Phi) is 5.59. The number of hydrogen-bond acceptors (Lipinski definition) is 5. The van der Waals surface area contributed by atoms with Gasteiger partial charge in [0.05, 0.1) is 29.5 Å². The maximum atomic E-state index is 13.3. The maximum Gasteiger partial charge on any atom is 0.258 e. The van der Waals surface area contributed by atoms with Gasteiger partial charge in [-0.15, -0.1) is 0 Å². The highest BCUT2D eigenvalue weighted by molar-refractivity contribution is 7.89. The third kappa shape index (κ3) is 3.83. The zero-order valence-corrected chi connectivity index (χ0v) is 17.4. The monoisotopic (exact) mass is 429 g/mol. The molecule has 2 aromatic carbocycles. The van der Waals surface area contributed by atoms with Crippen molar-refractivity contribution in [1.29, 1.82) is 0 Å². The first kappa shape index (κ1) is 20.5. The van der Waals surface area contributed by atoms with Crippen LogP contribution in [0.5, 0.6) is 0 Å². The predicted molar refractivity (Wildman–Crippen MR) is 112 cm³/mol. The quantitative estimate of drug-likeness (QED) is 0.806. The molecule has 0 radical (unpaired) electrons. The predicted octanol–water partition coefficient (Wildman–Crippen LogP) is 2.08. The van der Waals surface area contributed by atoms with Crippen LogP contribution < -0.4 is 10.2 Å². The Hall–Kier alpha value is -2.75. The second-order valence-electron chi connectivity index (χ2n) is 7.33. The normalized spacial score (nSPS) is 20.2. The fourth-order valence-corrected chi connectivity index (χ4v) is 5.15. The van der Waals surface area contributed by atoms with Gasteiger partial charge < -0.3 is 15.0 Å². The SMILES string of the molecule is C[C@H]1CC(=O)Nc2ccccc2N1C(=O)c1ccc(S(=O)(=O)N2CCOCC2)cc1. The first-order chi connectivity index (χ1) is 14.4. The summed E-state index contributed by atoms with van der Waals surface area (Å²) < 4.78 is 32.2. The van der Waals surface area contributed by atoms with Crippen molar-refractivity contribution < 1.29 is 22.7 Å². The number of amides is 2. The van der Waals surface area contributed by atoms with Crippen LogP contribution in [0.15, 0.2) is 53.4 Å². The highest BCUT2D eigenvalue weighted by atomic mass is 32.2. The van der Waals surface area contributed by atoms with Crippen LogP contribution in [-0.4, -0.2) is 56.9 Å². The zero-order valence-electron chi connectivity index (χ0n) is 16.6. The zero-order chi connectivity index (χ0) is 21.3. The molecule has 0 unspecified atom stereocenters. The molecular weight excluding hydrogens is 406 g/mol. The molecule has 1 fully saturated rings. The van der Waals surface area contributed by atoms with Crippen LogP contribution in [0, 0.1) is 0 Å². The van der Waals surface area contributed by atoms with Crippen LogP contribution in [0.25, 0.3) is 0 Å². The number of morpholine rings is 1. The van der Waals surface area contributed by atoms with E-state index in [-0.39, 0.29) is 29.2 Å². The van der Waals surface area contributed by atoms with E-state index in [1.54, 1.807) is 29.2 Å². The molecule has 9 heteroatoms.